The van der Waals surface area contributed by atoms with Crippen molar-refractivity contribution in [3.05, 3.63) is 243 Å². The molecule has 10 rings (SSSR count). The van der Waals surface area contributed by atoms with Crippen LogP contribution in [0.4, 0.5) is 26.3 Å². The maximum atomic E-state index is 10.7. The number of benzene rings is 8. The van der Waals surface area contributed by atoms with Crippen LogP contribution in [0.25, 0.3) is 0 Å². The van der Waals surface area contributed by atoms with Gasteiger partial charge in [0.1, 0.15) is 0 Å². The van der Waals surface area contributed by atoms with Crippen LogP contribution in [0.15, 0.2) is 243 Å². The summed E-state index contributed by atoms with van der Waals surface area (Å²) in [6, 6.07) is 95.3. The van der Waals surface area contributed by atoms with Crippen LogP contribution >= 0.6 is 54.1 Å². The Morgan fingerprint density at radius 1 is 0.383 bits per heavy atom. The Hall–Kier alpha value is -1.02. The first-order chi connectivity index (χ1) is 43.8. The predicted molar refractivity (Wildman–Crippen MR) is 390 cm³/mol. The van der Waals surface area contributed by atoms with E-state index in [1.165, 1.54) is 0 Å². The summed E-state index contributed by atoms with van der Waals surface area (Å²) >= 11 is 2.10. The van der Waals surface area contributed by atoms with Gasteiger partial charge in [-0.25, -0.2) is 16.8 Å². The number of alkyl halides is 6. The zero-order valence-corrected chi connectivity index (χ0v) is 70.1. The van der Waals surface area contributed by atoms with Crippen molar-refractivity contribution in [2.75, 3.05) is 28.2 Å². The van der Waals surface area contributed by atoms with Crippen LogP contribution in [0.5, 0.6) is 0 Å². The topological polar surface area (TPSA) is 175 Å². The smallest absolute Gasteiger partial charge is 0.741 e. The zero-order valence-electron chi connectivity index (χ0n) is 50.9. The Morgan fingerprint density at radius 3 is 0.734 bits per heavy atom. The van der Waals surface area contributed by atoms with E-state index in [1.54, 1.807) is 42.4 Å². The van der Waals surface area contributed by atoms with Gasteiger partial charge in [0.05, 0.1) is 12.1 Å². The Bertz CT molecular complexity index is 3150. The average molecular weight is 1930 g/mol. The molecule has 0 radical (unpaired) electrons. The van der Waals surface area contributed by atoms with Gasteiger partial charge in [0.15, 0.2) is 20.2 Å². The average Bonchev–Trinajstić information content (AvgIpc) is 0.788. The molecule has 0 aliphatic carbocycles. The molecule has 0 saturated carbocycles. The molecule has 8 atom stereocenters. The second-order valence-corrected chi connectivity index (χ2v) is 74.1. The van der Waals surface area contributed by atoms with E-state index in [0.717, 1.165) is 0 Å². The SMILES string of the molecule is CCC#N.CCC#N.CN1[P@@](c2ccccc2)[Se][PH+](c2ccccc2)N(C)[PH+](c2ccccc2)[Se][PH+]1c1ccccc1.CN1[P@](c2ccccc2)[Se][PH+](c2ccccc2)N(C)[PH+](c2ccccc2)[Se][PH+]1c1ccccc1.O=S(=O)([O-])C(F)(F)F.O=S(=O)([O-])C(F)(F)F.[Ag+].[Ag+]. The van der Waals surface area contributed by atoms with Crippen LogP contribution in [0.3, 0.4) is 0 Å². The van der Waals surface area contributed by atoms with Crippen molar-refractivity contribution >= 4 is 173 Å². The third-order valence-electron chi connectivity index (χ3n) is 12.0. The molecule has 12 nitrogen and oxygen atoms in total. The molecule has 0 amide bonds. The van der Waals surface area contributed by atoms with Crippen molar-refractivity contribution in [2.24, 2.45) is 0 Å². The maximum absolute atomic E-state index is 10.7. The third-order valence-corrected chi connectivity index (χ3v) is 96.0. The molecule has 2 aliphatic heterocycles. The number of halogens is 6. The minimum absolute atomic E-state index is 0. The summed E-state index contributed by atoms with van der Waals surface area (Å²) in [5.41, 5.74) is -11.3. The van der Waals surface area contributed by atoms with Gasteiger partial charge in [0, 0.05) is 12.8 Å². The van der Waals surface area contributed by atoms with Gasteiger partial charge in [-0.1, -0.05) is 13.8 Å². The minimum Gasteiger partial charge on any atom is -0.741 e. The van der Waals surface area contributed by atoms with E-state index in [4.69, 9.17) is 36.5 Å². The Balaban J connectivity index is 0.000000359. The van der Waals surface area contributed by atoms with Crippen LogP contribution in [0.2, 0.25) is 0 Å². The number of hydrogen-bond donors (Lipinski definition) is 0. The van der Waals surface area contributed by atoms with Gasteiger partial charge in [-0.3, -0.25) is 0 Å². The number of nitriles is 2. The Labute approximate surface area is 612 Å². The van der Waals surface area contributed by atoms with Crippen LogP contribution < -0.4 is 42.4 Å². The maximum Gasteiger partial charge on any atom is 1.00 e. The monoisotopic (exact) mass is 1930 g/mol. The normalized spacial score (nSPS) is 20.4. The van der Waals surface area contributed by atoms with Crippen LogP contribution in [0, 0.1) is 22.7 Å². The molecule has 0 spiro atoms. The summed E-state index contributed by atoms with van der Waals surface area (Å²) in [5, 5.41) is 27.8. The van der Waals surface area contributed by atoms with Gasteiger partial charge < -0.3 is 9.11 Å². The molecule has 2 saturated heterocycles. The summed E-state index contributed by atoms with van der Waals surface area (Å²) in [6.07, 6.45) is 1.25. The third kappa shape index (κ3) is 27.7. The zero-order chi connectivity index (χ0) is 67.5. The summed E-state index contributed by atoms with van der Waals surface area (Å²) < 4.78 is 129. The molecule has 2 heterocycles. The predicted octanol–water partition coefficient (Wildman–Crippen LogP) is 12.0. The fourth-order valence-corrected chi connectivity index (χ4v) is 125. The van der Waals surface area contributed by atoms with Gasteiger partial charge in [-0.2, -0.15) is 36.9 Å². The molecule has 94 heavy (non-hydrogen) atoms. The van der Waals surface area contributed by atoms with E-state index in [0.29, 0.717) is 69.1 Å². The van der Waals surface area contributed by atoms with Crippen molar-refractivity contribution in [2.45, 2.75) is 37.7 Å². The van der Waals surface area contributed by atoms with Crippen molar-refractivity contribution in [3.63, 3.8) is 0 Å². The van der Waals surface area contributed by atoms with E-state index < -0.39 is 71.8 Å². The van der Waals surface area contributed by atoms with Crippen LogP contribution in [-0.4, -0.2) is 139 Å². The fraction of sp³-hybridized carbons (Fsp3) is 0.167. The standard InChI is InChI=1S/2C26H26N2P4Se2.2C3H5N.2CHF3O3S.2Ag/c2*1-27-29(23-15-7-3-8-16-23)33-31(25-19-11-5-12-20-25)28(2)32(26-21-13-6-14-22-26)34-30(27)24-17-9-4-10-18-24;2*1-2-3-4;2*2-1(3,4)8(5,6)7;;/h2*3-22H,1-2H3;2*2H2,1H3;2*(H,5,6,7);;/q;;;;;;2*+1/p+4/t2*29-,30?,31?,32?;;;;;;/m10....../s1. The van der Waals surface area contributed by atoms with Crippen LogP contribution in [0.1, 0.15) is 26.7 Å². The summed E-state index contributed by atoms with van der Waals surface area (Å²) in [4.78, 5) is 0. The van der Waals surface area contributed by atoms with E-state index in [-0.39, 0.29) is 58.3 Å². The second kappa shape index (κ2) is 44.4. The van der Waals surface area contributed by atoms with Gasteiger partial charge in [-0.05, 0) is 0 Å². The first-order valence-electron chi connectivity index (χ1n) is 27.5. The molecular weight excluding hydrogens is 1860 g/mol. The molecule has 34 heteroatoms. The minimum atomic E-state index is -6.09. The van der Waals surface area contributed by atoms with E-state index in [9.17, 15) is 26.3 Å². The summed E-state index contributed by atoms with van der Waals surface area (Å²) in [5.74, 6) is 0. The van der Waals surface area contributed by atoms with E-state index in [1.807, 2.05) is 26.0 Å². The Morgan fingerprint density at radius 2 is 0.553 bits per heavy atom. The van der Waals surface area contributed by atoms with Gasteiger partial charge in [-0.15, -0.1) is 0 Å². The van der Waals surface area contributed by atoms with E-state index in [2.05, 4.69) is 289 Å². The van der Waals surface area contributed by atoms with Crippen LogP contribution in [-0.2, 0) is 65.0 Å². The molecule has 6 unspecified atom stereocenters. The first kappa shape index (κ1) is 87.2. The van der Waals surface area contributed by atoms with Gasteiger partial charge >= 0.3 is 497 Å². The molecule has 508 valence electrons. The van der Waals surface area contributed by atoms with Gasteiger partial charge in [0.25, 0.3) is 0 Å². The molecule has 0 bridgehead atoms. The van der Waals surface area contributed by atoms with Crippen molar-refractivity contribution in [1.82, 2.24) is 17.8 Å². The second-order valence-electron chi connectivity index (χ2n) is 18.6. The molecule has 8 aromatic rings. The van der Waals surface area contributed by atoms with E-state index >= 15 is 0 Å². The molecule has 2 aliphatic rings. The molecule has 2 fully saturated rings. The number of nitrogens with zero attached hydrogens (tertiary/aromatic N) is 6. The largest absolute Gasteiger partial charge is 1.00 e. The molecule has 0 N–H and O–H groups in total. The fourth-order valence-electron chi connectivity index (χ4n) is 7.75. The number of hydrogen-bond acceptors (Lipinski definition) is 12. The quantitative estimate of drug-likeness (QED) is 0.0463. The Kier molecular flexibility index (Phi) is 41.2. The van der Waals surface area contributed by atoms with Crippen molar-refractivity contribution < 1.29 is 97.0 Å². The molecule has 0 aromatic heterocycles. The first-order valence-corrected chi connectivity index (χ1v) is 60.9. The van der Waals surface area contributed by atoms with Crippen molar-refractivity contribution in [1.29, 1.82) is 10.5 Å². The molecule has 8 aromatic carbocycles. The summed E-state index contributed by atoms with van der Waals surface area (Å²) in [7, 11) is -2.31. The number of rotatable bonds is 8. The van der Waals surface area contributed by atoms with Crippen molar-refractivity contribution in [3.8, 4) is 12.1 Å². The van der Waals surface area contributed by atoms with Gasteiger partial charge in [0.2, 0.25) is 0 Å². The molecular formula is C60H68Ag2F6N6O6P8S2Se4+6. The summed E-state index contributed by atoms with van der Waals surface area (Å²) in [6.45, 7) is -1.99.